The molecule has 4 heteroatoms. The van der Waals surface area contributed by atoms with Crippen LogP contribution in [0.3, 0.4) is 0 Å². The zero-order valence-corrected chi connectivity index (χ0v) is 23.8. The molecule has 0 atom stereocenters. The molecule has 0 bridgehead atoms. The zero-order valence-electron chi connectivity index (χ0n) is 23.8. The third-order valence-electron chi connectivity index (χ3n) is 7.88. The number of benzene rings is 6. The third-order valence-corrected chi connectivity index (χ3v) is 7.88. The van der Waals surface area contributed by atoms with Crippen LogP contribution in [-0.4, -0.2) is 19.9 Å². The Kier molecular flexibility index (Phi) is 6.43. The second-order valence-corrected chi connectivity index (χ2v) is 10.7. The van der Waals surface area contributed by atoms with Crippen LogP contribution in [0.1, 0.15) is 0 Å². The molecule has 8 aromatic rings. The Hall–Kier alpha value is -6.00. The minimum Gasteiger partial charge on any atom is -0.228 e. The van der Waals surface area contributed by atoms with Crippen molar-refractivity contribution in [2.45, 2.75) is 0 Å². The molecule has 0 N–H and O–H groups in total. The predicted octanol–water partition coefficient (Wildman–Crippen LogP) is 9.91. The van der Waals surface area contributed by atoms with E-state index in [1.54, 1.807) is 0 Å². The van der Waals surface area contributed by atoms with Crippen molar-refractivity contribution in [3.05, 3.63) is 158 Å². The van der Waals surface area contributed by atoms with Crippen LogP contribution < -0.4 is 0 Å². The molecule has 206 valence electrons. The van der Waals surface area contributed by atoms with E-state index in [1.165, 1.54) is 0 Å². The first kappa shape index (κ1) is 25.7. The van der Waals surface area contributed by atoms with Crippen molar-refractivity contribution in [3.63, 3.8) is 0 Å². The molecule has 6 aromatic carbocycles. The number of hydrogen-bond acceptors (Lipinski definition) is 4. The Morgan fingerprint density at radius 2 is 0.636 bits per heavy atom. The van der Waals surface area contributed by atoms with Crippen LogP contribution in [0.25, 0.3) is 78.2 Å². The Bertz CT molecular complexity index is 2110. The Balaban J connectivity index is 1.22. The highest BCUT2D eigenvalue weighted by atomic mass is 14.9. The molecule has 0 fully saturated rings. The van der Waals surface area contributed by atoms with Crippen molar-refractivity contribution in [3.8, 4) is 56.4 Å². The number of fused-ring (bicyclic) bond motifs is 2. The summed E-state index contributed by atoms with van der Waals surface area (Å²) in [5.41, 5.74) is 9.93. The summed E-state index contributed by atoms with van der Waals surface area (Å²) in [4.78, 5) is 20.1. The lowest BCUT2D eigenvalue weighted by molar-refractivity contribution is 1.23. The van der Waals surface area contributed by atoms with Crippen molar-refractivity contribution in [2.75, 3.05) is 0 Å². The lowest BCUT2D eigenvalue weighted by Crippen LogP contribution is -1.96. The van der Waals surface area contributed by atoms with Gasteiger partial charge in [-0.15, -0.1) is 0 Å². The van der Waals surface area contributed by atoms with E-state index in [1.807, 2.05) is 72.8 Å². The van der Waals surface area contributed by atoms with E-state index in [9.17, 15) is 0 Å². The summed E-state index contributed by atoms with van der Waals surface area (Å²) < 4.78 is 0. The van der Waals surface area contributed by atoms with Gasteiger partial charge in [0, 0.05) is 33.0 Å². The second-order valence-electron chi connectivity index (χ2n) is 10.7. The number of rotatable bonds is 5. The monoisotopic (exact) mass is 562 g/mol. The van der Waals surface area contributed by atoms with Crippen molar-refractivity contribution in [2.24, 2.45) is 0 Å². The molecule has 0 saturated heterocycles. The van der Waals surface area contributed by atoms with Crippen LogP contribution in [0.5, 0.6) is 0 Å². The quantitative estimate of drug-likeness (QED) is 0.209. The summed E-state index contributed by atoms with van der Waals surface area (Å²) in [5, 5.41) is 2.08. The fraction of sp³-hybridized carbons (Fsp3) is 0. The molecular formula is C40H26N4. The van der Waals surface area contributed by atoms with E-state index in [4.69, 9.17) is 19.9 Å². The highest BCUT2D eigenvalue weighted by Crippen LogP contribution is 2.33. The SMILES string of the molecule is c1ccc(-c2nc(-c3cccc(-c4cccc(-c5nc(-c6ccccc6)c6ccccc6n5)c4)c3)nc3ccccc23)cc1. The number of hydrogen-bond donors (Lipinski definition) is 0. The summed E-state index contributed by atoms with van der Waals surface area (Å²) in [6.07, 6.45) is 0. The van der Waals surface area contributed by atoms with Crippen molar-refractivity contribution in [1.29, 1.82) is 0 Å². The maximum atomic E-state index is 5.08. The van der Waals surface area contributed by atoms with E-state index >= 15 is 0 Å². The molecular weight excluding hydrogens is 536 g/mol. The summed E-state index contributed by atoms with van der Waals surface area (Å²) in [5.74, 6) is 1.40. The van der Waals surface area contributed by atoms with Gasteiger partial charge < -0.3 is 0 Å². The average Bonchev–Trinajstić information content (AvgIpc) is 3.11. The predicted molar refractivity (Wildman–Crippen MR) is 180 cm³/mol. The van der Waals surface area contributed by atoms with Gasteiger partial charge >= 0.3 is 0 Å². The van der Waals surface area contributed by atoms with Crippen molar-refractivity contribution in [1.82, 2.24) is 19.9 Å². The van der Waals surface area contributed by atoms with Gasteiger partial charge in [-0.25, -0.2) is 19.9 Å². The minimum atomic E-state index is 0.700. The van der Waals surface area contributed by atoms with E-state index in [0.29, 0.717) is 11.6 Å². The van der Waals surface area contributed by atoms with Crippen molar-refractivity contribution < 1.29 is 0 Å². The van der Waals surface area contributed by atoms with Gasteiger partial charge in [-0.3, -0.25) is 0 Å². The minimum absolute atomic E-state index is 0.700. The highest BCUT2D eigenvalue weighted by Gasteiger charge is 2.14. The van der Waals surface area contributed by atoms with Crippen LogP contribution >= 0.6 is 0 Å². The fourth-order valence-electron chi connectivity index (χ4n) is 5.72. The zero-order chi connectivity index (χ0) is 29.3. The molecule has 0 radical (unpaired) electrons. The molecule has 2 heterocycles. The normalized spacial score (nSPS) is 11.2. The molecule has 0 saturated carbocycles. The van der Waals surface area contributed by atoms with Crippen LogP contribution in [0.2, 0.25) is 0 Å². The standard InChI is InChI=1S/C40H26N4/c1-3-13-27(14-4-1)37-33-21-7-9-23-35(33)41-39(43-37)31-19-11-17-29(25-31)30-18-12-20-32(26-30)40-42-36-24-10-8-22-34(36)38(44-40)28-15-5-2-6-16-28/h1-26H. The summed E-state index contributed by atoms with van der Waals surface area (Å²) in [6.45, 7) is 0. The second kappa shape index (κ2) is 11.0. The van der Waals surface area contributed by atoms with Gasteiger partial charge in [0.15, 0.2) is 11.6 Å². The lowest BCUT2D eigenvalue weighted by atomic mass is 9.99. The topological polar surface area (TPSA) is 51.6 Å². The Morgan fingerprint density at radius 1 is 0.273 bits per heavy atom. The molecule has 8 rings (SSSR count). The van der Waals surface area contributed by atoms with Crippen LogP contribution in [0.4, 0.5) is 0 Å². The molecule has 0 spiro atoms. The molecule has 2 aromatic heterocycles. The van der Waals surface area contributed by atoms with Gasteiger partial charge in [-0.05, 0) is 35.4 Å². The number of nitrogens with zero attached hydrogens (tertiary/aromatic N) is 4. The molecule has 0 aliphatic heterocycles. The van der Waals surface area contributed by atoms with Crippen LogP contribution in [0, 0.1) is 0 Å². The van der Waals surface area contributed by atoms with Gasteiger partial charge in [-0.1, -0.05) is 133 Å². The molecule has 0 unspecified atom stereocenters. The van der Waals surface area contributed by atoms with Gasteiger partial charge in [0.1, 0.15) is 0 Å². The molecule has 0 amide bonds. The van der Waals surface area contributed by atoms with E-state index < -0.39 is 0 Å². The summed E-state index contributed by atoms with van der Waals surface area (Å²) in [6, 6.07) is 53.8. The number of aromatic nitrogens is 4. The largest absolute Gasteiger partial charge is 0.228 e. The van der Waals surface area contributed by atoms with E-state index in [2.05, 4.69) is 84.9 Å². The maximum absolute atomic E-state index is 5.08. The molecule has 0 aliphatic carbocycles. The van der Waals surface area contributed by atoms with Gasteiger partial charge in [0.05, 0.1) is 22.4 Å². The maximum Gasteiger partial charge on any atom is 0.160 e. The van der Waals surface area contributed by atoms with Crippen LogP contribution in [-0.2, 0) is 0 Å². The summed E-state index contributed by atoms with van der Waals surface area (Å²) >= 11 is 0. The fourth-order valence-corrected chi connectivity index (χ4v) is 5.72. The first-order valence-electron chi connectivity index (χ1n) is 14.7. The lowest BCUT2D eigenvalue weighted by Gasteiger charge is -2.12. The van der Waals surface area contributed by atoms with E-state index in [0.717, 1.165) is 66.6 Å². The van der Waals surface area contributed by atoms with Gasteiger partial charge in [-0.2, -0.15) is 0 Å². The number of para-hydroxylation sites is 2. The average molecular weight is 563 g/mol. The summed E-state index contributed by atoms with van der Waals surface area (Å²) in [7, 11) is 0. The first-order valence-corrected chi connectivity index (χ1v) is 14.7. The third kappa shape index (κ3) is 4.79. The van der Waals surface area contributed by atoms with Gasteiger partial charge in [0.2, 0.25) is 0 Å². The Labute approximate surface area is 255 Å². The highest BCUT2D eigenvalue weighted by molar-refractivity contribution is 5.95. The first-order chi connectivity index (χ1) is 21.8. The Morgan fingerprint density at radius 3 is 1.09 bits per heavy atom. The van der Waals surface area contributed by atoms with Crippen molar-refractivity contribution >= 4 is 21.8 Å². The van der Waals surface area contributed by atoms with E-state index in [-0.39, 0.29) is 0 Å². The molecule has 0 aliphatic rings. The molecule has 4 nitrogen and oxygen atoms in total. The van der Waals surface area contributed by atoms with Gasteiger partial charge in [0.25, 0.3) is 0 Å². The smallest absolute Gasteiger partial charge is 0.160 e. The van der Waals surface area contributed by atoms with Crippen LogP contribution in [0.15, 0.2) is 158 Å². The molecule has 44 heavy (non-hydrogen) atoms.